The molecule has 1 fully saturated rings. The van der Waals surface area contributed by atoms with E-state index in [9.17, 15) is 0 Å². The van der Waals surface area contributed by atoms with Crippen LogP contribution in [0.5, 0.6) is 0 Å². The predicted molar refractivity (Wildman–Crippen MR) is 62.1 cm³/mol. The molecule has 1 saturated carbocycles. The quantitative estimate of drug-likeness (QED) is 0.613. The van der Waals surface area contributed by atoms with Crippen LogP contribution < -0.4 is 0 Å². The van der Waals surface area contributed by atoms with E-state index in [1.807, 2.05) is 18.2 Å². The van der Waals surface area contributed by atoms with Crippen molar-refractivity contribution in [2.75, 3.05) is 0 Å². The number of alkyl halides is 1. The van der Waals surface area contributed by atoms with Gasteiger partial charge in [-0.15, -0.1) is 0 Å². The summed E-state index contributed by atoms with van der Waals surface area (Å²) in [5.41, 5.74) is 1.21. The zero-order chi connectivity index (χ0) is 10.0. The molecule has 1 nitrogen and oxygen atoms in total. The maximum Gasteiger partial charge on any atom is 0.0720 e. The SMILES string of the molecule is [2H]C1(I)CC(OCc2ccccc2)C1. The minimum absolute atomic E-state index is 0.265. The van der Waals surface area contributed by atoms with E-state index in [4.69, 9.17) is 6.11 Å². The minimum Gasteiger partial charge on any atom is -0.373 e. The van der Waals surface area contributed by atoms with Crippen molar-refractivity contribution in [3.8, 4) is 0 Å². The van der Waals surface area contributed by atoms with Gasteiger partial charge in [-0.2, -0.15) is 0 Å². The van der Waals surface area contributed by atoms with E-state index in [-0.39, 0.29) is 3.90 Å². The summed E-state index contributed by atoms with van der Waals surface area (Å²) in [5.74, 6) is 0. The molecule has 70 valence electrons. The highest BCUT2D eigenvalue weighted by atomic mass is 127. The van der Waals surface area contributed by atoms with Crippen LogP contribution in [0.2, 0.25) is 0 Å². The van der Waals surface area contributed by atoms with Gasteiger partial charge in [0, 0.05) is 5.27 Å². The molecule has 0 aromatic heterocycles. The Hall–Kier alpha value is -0.0900. The van der Waals surface area contributed by atoms with E-state index >= 15 is 0 Å². The molecule has 1 aliphatic carbocycles. The summed E-state index contributed by atoms with van der Waals surface area (Å²) in [5, 5.41) is 0. The molecule has 0 unspecified atom stereocenters. The molecule has 1 aliphatic rings. The molecule has 0 amide bonds. The van der Waals surface area contributed by atoms with Crippen molar-refractivity contribution in [3.05, 3.63) is 35.9 Å². The Morgan fingerprint density at radius 1 is 1.38 bits per heavy atom. The monoisotopic (exact) mass is 289 g/mol. The fourth-order valence-electron chi connectivity index (χ4n) is 1.34. The molecular formula is C11H13IO. The van der Waals surface area contributed by atoms with Gasteiger partial charge in [0.15, 0.2) is 0 Å². The van der Waals surface area contributed by atoms with Gasteiger partial charge in [-0.3, -0.25) is 0 Å². The highest BCUT2D eigenvalue weighted by Crippen LogP contribution is 2.30. The number of benzene rings is 1. The lowest BCUT2D eigenvalue weighted by molar-refractivity contribution is -0.00240. The van der Waals surface area contributed by atoms with E-state index in [0.29, 0.717) is 12.7 Å². The number of rotatable bonds is 3. The smallest absolute Gasteiger partial charge is 0.0720 e. The molecule has 2 heteroatoms. The van der Waals surface area contributed by atoms with Crippen LogP contribution in [0.1, 0.15) is 19.8 Å². The lowest BCUT2D eigenvalue weighted by Gasteiger charge is -2.31. The Morgan fingerprint density at radius 2 is 2.08 bits per heavy atom. The molecule has 13 heavy (non-hydrogen) atoms. The molecule has 1 aromatic carbocycles. The molecular weight excluding hydrogens is 275 g/mol. The van der Waals surface area contributed by atoms with Crippen LogP contribution in [-0.2, 0) is 11.3 Å². The van der Waals surface area contributed by atoms with Crippen LogP contribution in [-0.4, -0.2) is 10.0 Å². The first-order valence-electron chi connectivity index (χ1n) is 5.00. The summed E-state index contributed by atoms with van der Waals surface area (Å²) in [6.45, 7) is 0.679. The Labute approximate surface area is 94.0 Å². The molecule has 0 N–H and O–H groups in total. The molecule has 0 heterocycles. The number of hydrogen-bond acceptors (Lipinski definition) is 1. The van der Waals surface area contributed by atoms with Crippen molar-refractivity contribution in [1.29, 1.82) is 0 Å². The summed E-state index contributed by atoms with van der Waals surface area (Å²) in [6.07, 6.45) is 2.02. The average molecular weight is 289 g/mol. The first-order chi connectivity index (χ1) is 6.66. The molecule has 0 bridgehead atoms. The number of halogens is 1. The maximum atomic E-state index is 7.69. The second kappa shape index (κ2) is 4.42. The second-order valence-corrected chi connectivity index (χ2v) is 4.87. The number of hydrogen-bond donors (Lipinski definition) is 0. The first kappa shape index (κ1) is 8.24. The molecule has 0 saturated heterocycles. The Balaban J connectivity index is 1.75. The molecule has 1 aromatic rings. The van der Waals surface area contributed by atoms with Crippen molar-refractivity contribution in [1.82, 2.24) is 0 Å². The summed E-state index contributed by atoms with van der Waals surface area (Å²) < 4.78 is 13.1. The molecule has 0 spiro atoms. The van der Waals surface area contributed by atoms with Gasteiger partial charge in [0.2, 0.25) is 0 Å². The fraction of sp³-hybridized carbons (Fsp3) is 0.455. The van der Waals surface area contributed by atoms with Crippen LogP contribution in [0.25, 0.3) is 0 Å². The van der Waals surface area contributed by atoms with Gasteiger partial charge >= 0.3 is 0 Å². The van der Waals surface area contributed by atoms with Crippen molar-refractivity contribution in [3.63, 3.8) is 0 Å². The summed E-state index contributed by atoms with van der Waals surface area (Å²) in [7, 11) is 0. The Bertz CT molecular complexity index is 291. The normalized spacial score (nSPS) is 33.6. The zero-order valence-electron chi connectivity index (χ0n) is 8.37. The average Bonchev–Trinajstić information content (AvgIpc) is 2.13. The largest absolute Gasteiger partial charge is 0.373 e. The van der Waals surface area contributed by atoms with Gasteiger partial charge in [-0.05, 0) is 18.4 Å². The third kappa shape index (κ3) is 2.68. The molecule has 0 aliphatic heterocycles. The van der Waals surface area contributed by atoms with E-state index in [1.54, 1.807) is 0 Å². The van der Waals surface area contributed by atoms with Gasteiger partial charge in [-0.1, -0.05) is 52.9 Å². The topological polar surface area (TPSA) is 9.23 Å². The van der Waals surface area contributed by atoms with Crippen LogP contribution in [0, 0.1) is 0 Å². The van der Waals surface area contributed by atoms with Gasteiger partial charge in [0.25, 0.3) is 0 Å². The minimum atomic E-state index is -0.265. The highest BCUT2D eigenvalue weighted by Gasteiger charge is 2.27. The maximum absolute atomic E-state index is 7.69. The zero-order valence-corrected chi connectivity index (χ0v) is 9.53. The standard InChI is InChI=1S/C11H13IO/c12-10-6-11(7-10)13-8-9-4-2-1-3-5-9/h1-5,10-11H,6-8H2/i10D. The third-order valence-electron chi connectivity index (χ3n) is 2.23. The molecule has 2 rings (SSSR count). The van der Waals surface area contributed by atoms with Gasteiger partial charge in [0.1, 0.15) is 0 Å². The Kier molecular flexibility index (Phi) is 2.80. The van der Waals surface area contributed by atoms with E-state index in [2.05, 4.69) is 34.7 Å². The number of ether oxygens (including phenoxy) is 1. The summed E-state index contributed by atoms with van der Waals surface area (Å²) in [4.78, 5) is 0. The lowest BCUT2D eigenvalue weighted by Crippen LogP contribution is -2.31. The van der Waals surface area contributed by atoms with Crippen molar-refractivity contribution in [2.24, 2.45) is 0 Å². The summed E-state index contributed by atoms with van der Waals surface area (Å²) >= 11 is 2.18. The van der Waals surface area contributed by atoms with Crippen molar-refractivity contribution < 1.29 is 6.11 Å². The molecule has 0 atom stereocenters. The van der Waals surface area contributed by atoms with Crippen molar-refractivity contribution >= 4 is 22.6 Å². The van der Waals surface area contributed by atoms with E-state index < -0.39 is 0 Å². The van der Waals surface area contributed by atoms with Crippen LogP contribution in [0.3, 0.4) is 0 Å². The lowest BCUT2D eigenvalue weighted by atomic mass is 9.96. The predicted octanol–water partition coefficient (Wildman–Crippen LogP) is 3.17. The van der Waals surface area contributed by atoms with E-state index in [1.165, 1.54) is 5.56 Å². The second-order valence-electron chi connectivity index (χ2n) is 3.34. The fourth-order valence-corrected chi connectivity index (χ4v) is 2.32. The van der Waals surface area contributed by atoms with Crippen molar-refractivity contribution in [2.45, 2.75) is 29.5 Å². The van der Waals surface area contributed by atoms with Crippen LogP contribution in [0.15, 0.2) is 30.3 Å². The van der Waals surface area contributed by atoms with Gasteiger partial charge in [0.05, 0.1) is 12.7 Å². The third-order valence-corrected chi connectivity index (χ3v) is 3.11. The van der Waals surface area contributed by atoms with Gasteiger partial charge in [-0.25, -0.2) is 0 Å². The van der Waals surface area contributed by atoms with Gasteiger partial charge < -0.3 is 4.74 Å². The summed E-state index contributed by atoms with van der Waals surface area (Å²) in [6, 6.07) is 10.2. The Morgan fingerprint density at radius 3 is 2.69 bits per heavy atom. The molecule has 0 radical (unpaired) electrons. The van der Waals surface area contributed by atoms with E-state index in [0.717, 1.165) is 12.8 Å². The first-order valence-corrected chi connectivity index (χ1v) is 5.58. The van der Waals surface area contributed by atoms with Crippen LogP contribution in [0.4, 0.5) is 0 Å². The highest BCUT2D eigenvalue weighted by molar-refractivity contribution is 14.1. The van der Waals surface area contributed by atoms with Crippen LogP contribution >= 0.6 is 22.6 Å².